The number of fused-ring (bicyclic) bond motifs is 3. The Hall–Kier alpha value is -4.80. The summed E-state index contributed by atoms with van der Waals surface area (Å²) in [7, 11) is 0. The van der Waals surface area contributed by atoms with Gasteiger partial charge in [-0.3, -0.25) is 0 Å². The summed E-state index contributed by atoms with van der Waals surface area (Å²) < 4.78 is 11.0. The molecule has 0 saturated heterocycles. The first kappa shape index (κ1) is 22.0. The molecule has 0 fully saturated rings. The summed E-state index contributed by atoms with van der Waals surface area (Å²) in [5.74, 6) is 5.41. The highest BCUT2D eigenvalue weighted by Crippen LogP contribution is 2.57. The predicted molar refractivity (Wildman–Crippen MR) is 136 cm³/mol. The van der Waals surface area contributed by atoms with Gasteiger partial charge in [0.15, 0.2) is 23.0 Å². The van der Waals surface area contributed by atoms with Crippen LogP contribution in [0.5, 0.6) is 23.0 Å². The smallest absolute Gasteiger partial charge is 0.162 e. The molecule has 4 heteroatoms. The largest absolute Gasteiger partial charge is 0.504 e. The normalized spacial score (nSPS) is 12.6. The molecule has 0 heterocycles. The van der Waals surface area contributed by atoms with Gasteiger partial charge < -0.3 is 19.7 Å². The van der Waals surface area contributed by atoms with Crippen molar-refractivity contribution in [2.24, 2.45) is 0 Å². The van der Waals surface area contributed by atoms with Crippen molar-refractivity contribution in [3.63, 3.8) is 0 Å². The first-order valence-corrected chi connectivity index (χ1v) is 11.1. The van der Waals surface area contributed by atoms with Gasteiger partial charge >= 0.3 is 0 Å². The second-order valence-electron chi connectivity index (χ2n) is 8.19. The highest BCUT2D eigenvalue weighted by molar-refractivity contribution is 5.86. The summed E-state index contributed by atoms with van der Waals surface area (Å²) >= 11 is 0. The average molecular weight is 459 g/mol. The lowest BCUT2D eigenvalue weighted by atomic mass is 9.67. The summed E-state index contributed by atoms with van der Waals surface area (Å²) in [5.41, 5.74) is 5.07. The molecule has 4 aromatic rings. The monoisotopic (exact) mass is 458 g/mol. The van der Waals surface area contributed by atoms with Gasteiger partial charge in [-0.05, 0) is 57.6 Å². The van der Waals surface area contributed by atoms with Crippen molar-refractivity contribution in [3.8, 4) is 58.8 Å². The highest BCUT2D eigenvalue weighted by atomic mass is 16.5. The number of hydrogen-bond donors (Lipinski definition) is 2. The fourth-order valence-corrected chi connectivity index (χ4v) is 5.01. The molecule has 5 rings (SSSR count). The summed E-state index contributed by atoms with van der Waals surface area (Å²) in [5, 5.41) is 21.7. The lowest BCUT2D eigenvalue weighted by Crippen LogP contribution is -2.28. The van der Waals surface area contributed by atoms with Crippen LogP contribution in [0.15, 0.2) is 84.9 Å². The van der Waals surface area contributed by atoms with Crippen molar-refractivity contribution < 1.29 is 19.7 Å². The van der Waals surface area contributed by atoms with E-state index in [0.29, 0.717) is 11.5 Å². The number of phenols is 2. The molecule has 0 bridgehead atoms. The van der Waals surface area contributed by atoms with Crippen molar-refractivity contribution in [1.29, 1.82) is 0 Å². The molecule has 4 aromatic carbocycles. The maximum atomic E-state index is 10.8. The van der Waals surface area contributed by atoms with Crippen LogP contribution in [0.1, 0.15) is 22.3 Å². The van der Waals surface area contributed by atoms with E-state index in [9.17, 15) is 10.2 Å². The van der Waals surface area contributed by atoms with Crippen LogP contribution in [0, 0.1) is 24.7 Å². The van der Waals surface area contributed by atoms with Crippen molar-refractivity contribution in [1.82, 2.24) is 0 Å². The van der Waals surface area contributed by atoms with E-state index in [4.69, 9.17) is 22.3 Å². The maximum Gasteiger partial charge on any atom is 0.162 e. The molecule has 2 N–H and O–H groups in total. The van der Waals surface area contributed by atoms with Gasteiger partial charge in [0.1, 0.15) is 13.2 Å². The van der Waals surface area contributed by atoms with Crippen LogP contribution < -0.4 is 9.47 Å². The Bertz CT molecular complexity index is 1390. The second-order valence-corrected chi connectivity index (χ2v) is 8.19. The molecular formula is C31H22O4. The third-order valence-corrected chi connectivity index (χ3v) is 6.36. The van der Waals surface area contributed by atoms with Crippen LogP contribution >= 0.6 is 0 Å². The summed E-state index contributed by atoms with van der Waals surface area (Å²) in [6.07, 6.45) is 10.6. The number of terminal acetylenes is 2. The molecule has 4 nitrogen and oxygen atoms in total. The zero-order chi connectivity index (χ0) is 24.4. The molecule has 0 amide bonds. The fraction of sp³-hybridized carbons (Fsp3) is 0.0968. The quantitative estimate of drug-likeness (QED) is 0.331. The van der Waals surface area contributed by atoms with Crippen molar-refractivity contribution >= 4 is 0 Å². The molecular weight excluding hydrogens is 436 g/mol. The number of benzene rings is 4. The summed E-state index contributed by atoms with van der Waals surface area (Å²) in [6, 6.07) is 27.0. The molecule has 0 aromatic heterocycles. The highest BCUT2D eigenvalue weighted by Gasteiger charge is 2.46. The van der Waals surface area contributed by atoms with Crippen LogP contribution in [-0.2, 0) is 5.41 Å². The molecule has 1 aliphatic rings. The minimum Gasteiger partial charge on any atom is -0.504 e. The Labute approximate surface area is 204 Å². The zero-order valence-electron chi connectivity index (χ0n) is 18.9. The lowest BCUT2D eigenvalue weighted by molar-refractivity contribution is 0.340. The fourth-order valence-electron chi connectivity index (χ4n) is 5.01. The molecule has 35 heavy (non-hydrogen) atoms. The Kier molecular flexibility index (Phi) is 5.57. The standard InChI is InChI=1S/C31H22O4/c1-3-17-34-29-15-13-21(19-27(29)32)31(22-14-16-30(28(33)20-22)35-18-4-2)25-11-7-5-9-23(25)24-10-6-8-12-26(24)31/h1-2,5-16,19-20,32-33H,17-18H2. The van der Waals surface area contributed by atoms with Gasteiger partial charge in [-0.25, -0.2) is 0 Å². The minimum atomic E-state index is -0.808. The van der Waals surface area contributed by atoms with Crippen LogP contribution in [0.25, 0.3) is 11.1 Å². The summed E-state index contributed by atoms with van der Waals surface area (Å²) in [6.45, 7) is 0.105. The molecule has 0 saturated carbocycles. The zero-order valence-corrected chi connectivity index (χ0v) is 18.9. The Morgan fingerprint density at radius 2 is 1.06 bits per heavy atom. The predicted octanol–water partition coefficient (Wildman–Crippen LogP) is 5.48. The van der Waals surface area contributed by atoms with E-state index < -0.39 is 5.41 Å². The Morgan fingerprint density at radius 1 is 0.629 bits per heavy atom. The number of aromatic hydroxyl groups is 2. The van der Waals surface area contributed by atoms with E-state index >= 15 is 0 Å². The lowest BCUT2D eigenvalue weighted by Gasteiger charge is -2.34. The number of ether oxygens (including phenoxy) is 2. The molecule has 170 valence electrons. The van der Waals surface area contributed by atoms with Gasteiger partial charge in [0.25, 0.3) is 0 Å². The van der Waals surface area contributed by atoms with E-state index in [0.717, 1.165) is 33.4 Å². The van der Waals surface area contributed by atoms with E-state index in [1.54, 1.807) is 24.3 Å². The van der Waals surface area contributed by atoms with Gasteiger partial charge in [0.2, 0.25) is 0 Å². The van der Waals surface area contributed by atoms with Crippen LogP contribution in [0.4, 0.5) is 0 Å². The maximum absolute atomic E-state index is 10.8. The van der Waals surface area contributed by atoms with E-state index in [2.05, 4.69) is 36.1 Å². The van der Waals surface area contributed by atoms with E-state index in [1.807, 2.05) is 36.4 Å². The van der Waals surface area contributed by atoms with Crippen molar-refractivity contribution in [2.45, 2.75) is 5.41 Å². The molecule has 0 atom stereocenters. The van der Waals surface area contributed by atoms with Crippen molar-refractivity contribution in [2.75, 3.05) is 13.2 Å². The Morgan fingerprint density at radius 3 is 1.46 bits per heavy atom. The third kappa shape index (κ3) is 3.44. The van der Waals surface area contributed by atoms with Gasteiger partial charge in [-0.2, -0.15) is 0 Å². The molecule has 0 radical (unpaired) electrons. The molecule has 0 spiro atoms. The first-order chi connectivity index (χ1) is 17.1. The van der Waals surface area contributed by atoms with E-state index in [1.165, 1.54) is 0 Å². The van der Waals surface area contributed by atoms with Gasteiger partial charge in [-0.1, -0.05) is 72.5 Å². The molecule has 0 aliphatic heterocycles. The van der Waals surface area contributed by atoms with Crippen molar-refractivity contribution in [3.05, 3.63) is 107 Å². The van der Waals surface area contributed by atoms with Gasteiger partial charge in [0, 0.05) is 0 Å². The second kappa shape index (κ2) is 8.86. The summed E-state index contributed by atoms with van der Waals surface area (Å²) in [4.78, 5) is 0. The molecule has 0 unspecified atom stereocenters. The number of hydrogen-bond acceptors (Lipinski definition) is 4. The van der Waals surface area contributed by atoms with Crippen LogP contribution in [0.3, 0.4) is 0 Å². The Balaban J connectivity index is 1.80. The van der Waals surface area contributed by atoms with Crippen LogP contribution in [0.2, 0.25) is 0 Å². The SMILES string of the molecule is C#CCOc1ccc(C2(c3ccc(OCC#C)c(O)c3)c3ccccc3-c3ccccc32)cc1O. The van der Waals surface area contributed by atoms with Gasteiger partial charge in [0.05, 0.1) is 5.41 Å². The van der Waals surface area contributed by atoms with Gasteiger partial charge in [-0.15, -0.1) is 12.8 Å². The number of phenolic OH excluding ortho intramolecular Hbond substituents is 2. The number of rotatable bonds is 6. The average Bonchev–Trinajstić information content (AvgIpc) is 3.18. The van der Waals surface area contributed by atoms with Crippen LogP contribution in [-0.4, -0.2) is 23.4 Å². The molecule has 1 aliphatic carbocycles. The topological polar surface area (TPSA) is 58.9 Å². The third-order valence-electron chi connectivity index (χ3n) is 6.36. The minimum absolute atomic E-state index is 0.0165. The first-order valence-electron chi connectivity index (χ1n) is 11.1. The van der Waals surface area contributed by atoms with E-state index in [-0.39, 0.29) is 24.7 Å².